The molecule has 1 aromatic heterocycles. The SMILES string of the molecule is CCn1ccnc1CCCNCCc1cccc(Oc2ccccc2)c1. The summed E-state index contributed by atoms with van der Waals surface area (Å²) in [5.41, 5.74) is 1.28. The Balaban J connectivity index is 1.38. The monoisotopic (exact) mass is 349 g/mol. The van der Waals surface area contributed by atoms with Crippen molar-refractivity contribution < 1.29 is 4.74 Å². The summed E-state index contributed by atoms with van der Waals surface area (Å²) in [6.07, 6.45) is 7.06. The van der Waals surface area contributed by atoms with Gasteiger partial charge in [0.15, 0.2) is 0 Å². The minimum Gasteiger partial charge on any atom is -0.457 e. The van der Waals surface area contributed by atoms with Crippen LogP contribution in [-0.4, -0.2) is 22.6 Å². The normalized spacial score (nSPS) is 10.8. The van der Waals surface area contributed by atoms with E-state index in [-0.39, 0.29) is 0 Å². The van der Waals surface area contributed by atoms with E-state index in [1.54, 1.807) is 0 Å². The zero-order chi connectivity index (χ0) is 18.0. The summed E-state index contributed by atoms with van der Waals surface area (Å²) in [6, 6.07) is 18.2. The summed E-state index contributed by atoms with van der Waals surface area (Å²) >= 11 is 0. The fourth-order valence-corrected chi connectivity index (χ4v) is 2.97. The van der Waals surface area contributed by atoms with Gasteiger partial charge in [-0.15, -0.1) is 0 Å². The van der Waals surface area contributed by atoms with Gasteiger partial charge >= 0.3 is 0 Å². The Morgan fingerprint density at radius 2 is 1.81 bits per heavy atom. The van der Waals surface area contributed by atoms with Crippen LogP contribution in [-0.2, 0) is 19.4 Å². The van der Waals surface area contributed by atoms with E-state index >= 15 is 0 Å². The van der Waals surface area contributed by atoms with Crippen LogP contribution in [0.3, 0.4) is 0 Å². The van der Waals surface area contributed by atoms with Gasteiger partial charge < -0.3 is 14.6 Å². The molecular weight excluding hydrogens is 322 g/mol. The standard InChI is InChI=1S/C22H27N3O/c1-2-25-17-16-24-22(25)12-7-14-23-15-13-19-8-6-11-21(18-19)26-20-9-4-3-5-10-20/h3-6,8-11,16-18,23H,2,7,12-15H2,1H3. The highest BCUT2D eigenvalue weighted by Crippen LogP contribution is 2.21. The molecule has 0 saturated heterocycles. The van der Waals surface area contributed by atoms with Crippen molar-refractivity contribution in [3.63, 3.8) is 0 Å². The number of aromatic nitrogens is 2. The maximum atomic E-state index is 5.90. The molecule has 0 saturated carbocycles. The molecular formula is C22H27N3O. The number of benzene rings is 2. The van der Waals surface area contributed by atoms with Gasteiger partial charge in [0.2, 0.25) is 0 Å². The molecule has 136 valence electrons. The Morgan fingerprint density at radius 1 is 0.962 bits per heavy atom. The molecule has 0 atom stereocenters. The van der Waals surface area contributed by atoms with Crippen LogP contribution in [0.5, 0.6) is 11.5 Å². The quantitative estimate of drug-likeness (QED) is 0.549. The first-order valence-corrected chi connectivity index (χ1v) is 9.37. The van der Waals surface area contributed by atoms with E-state index in [1.807, 2.05) is 48.8 Å². The Labute approximate surface area is 155 Å². The van der Waals surface area contributed by atoms with E-state index in [1.165, 1.54) is 11.4 Å². The van der Waals surface area contributed by atoms with Crippen molar-refractivity contribution in [2.24, 2.45) is 0 Å². The first kappa shape index (κ1) is 18.2. The number of rotatable bonds is 10. The molecule has 1 N–H and O–H groups in total. The minimum atomic E-state index is 0.869. The van der Waals surface area contributed by atoms with Crippen molar-refractivity contribution in [2.45, 2.75) is 32.7 Å². The summed E-state index contributed by atoms with van der Waals surface area (Å²) < 4.78 is 8.10. The molecule has 0 spiro atoms. The van der Waals surface area contributed by atoms with Crippen LogP contribution >= 0.6 is 0 Å². The third kappa shape index (κ3) is 5.46. The van der Waals surface area contributed by atoms with Crippen molar-refractivity contribution in [3.8, 4) is 11.5 Å². The zero-order valence-electron chi connectivity index (χ0n) is 15.4. The first-order valence-electron chi connectivity index (χ1n) is 9.37. The van der Waals surface area contributed by atoms with Crippen LogP contribution in [0, 0.1) is 0 Å². The van der Waals surface area contributed by atoms with Gasteiger partial charge in [0.05, 0.1) is 0 Å². The largest absolute Gasteiger partial charge is 0.457 e. The Morgan fingerprint density at radius 3 is 2.65 bits per heavy atom. The smallest absolute Gasteiger partial charge is 0.127 e. The van der Waals surface area contributed by atoms with Crippen LogP contribution < -0.4 is 10.1 Å². The fourth-order valence-electron chi connectivity index (χ4n) is 2.97. The van der Waals surface area contributed by atoms with Crippen LogP contribution in [0.15, 0.2) is 67.0 Å². The highest BCUT2D eigenvalue weighted by molar-refractivity contribution is 5.33. The number of para-hydroxylation sites is 1. The highest BCUT2D eigenvalue weighted by Gasteiger charge is 2.01. The summed E-state index contributed by atoms with van der Waals surface area (Å²) in [7, 11) is 0. The summed E-state index contributed by atoms with van der Waals surface area (Å²) in [5, 5.41) is 3.53. The van der Waals surface area contributed by atoms with Crippen molar-refractivity contribution in [3.05, 3.63) is 78.4 Å². The average Bonchev–Trinajstić information content (AvgIpc) is 3.13. The molecule has 0 bridgehead atoms. The predicted molar refractivity (Wildman–Crippen MR) is 106 cm³/mol. The first-order chi connectivity index (χ1) is 12.8. The molecule has 4 nitrogen and oxygen atoms in total. The molecule has 3 rings (SSSR count). The van der Waals surface area contributed by atoms with Crippen molar-refractivity contribution in [1.29, 1.82) is 0 Å². The summed E-state index contributed by atoms with van der Waals surface area (Å²) in [4.78, 5) is 4.42. The van der Waals surface area contributed by atoms with E-state index in [0.29, 0.717) is 0 Å². The average molecular weight is 349 g/mol. The molecule has 0 unspecified atom stereocenters. The van der Waals surface area contributed by atoms with E-state index in [0.717, 1.165) is 50.4 Å². The van der Waals surface area contributed by atoms with Crippen LogP contribution in [0.4, 0.5) is 0 Å². The third-order valence-corrected chi connectivity index (χ3v) is 4.36. The van der Waals surface area contributed by atoms with Gasteiger partial charge in [-0.2, -0.15) is 0 Å². The Kier molecular flexibility index (Phi) is 6.85. The van der Waals surface area contributed by atoms with Crippen LogP contribution in [0.25, 0.3) is 0 Å². The number of imidazole rings is 1. The molecule has 0 fully saturated rings. The molecule has 4 heteroatoms. The van der Waals surface area contributed by atoms with Gasteiger partial charge in [-0.05, 0) is 62.7 Å². The van der Waals surface area contributed by atoms with Gasteiger partial charge in [0.25, 0.3) is 0 Å². The second-order valence-electron chi connectivity index (χ2n) is 6.30. The van der Waals surface area contributed by atoms with Gasteiger partial charge in [0, 0.05) is 25.4 Å². The van der Waals surface area contributed by atoms with E-state index in [9.17, 15) is 0 Å². The lowest BCUT2D eigenvalue weighted by Crippen LogP contribution is -2.19. The molecule has 1 heterocycles. The molecule has 3 aromatic rings. The topological polar surface area (TPSA) is 39.1 Å². The van der Waals surface area contributed by atoms with Crippen molar-refractivity contribution >= 4 is 0 Å². The molecule has 26 heavy (non-hydrogen) atoms. The number of nitrogens with zero attached hydrogens (tertiary/aromatic N) is 2. The number of ether oxygens (including phenoxy) is 1. The number of aryl methyl sites for hydroxylation is 2. The lowest BCUT2D eigenvalue weighted by molar-refractivity contribution is 0.482. The predicted octanol–water partition coefficient (Wildman–Crippen LogP) is 4.46. The molecule has 0 aliphatic rings. The lowest BCUT2D eigenvalue weighted by Gasteiger charge is -2.09. The maximum Gasteiger partial charge on any atom is 0.127 e. The number of nitrogens with one attached hydrogen (secondary N) is 1. The van der Waals surface area contributed by atoms with Gasteiger partial charge in [-0.1, -0.05) is 30.3 Å². The molecule has 0 amide bonds. The highest BCUT2D eigenvalue weighted by atomic mass is 16.5. The molecule has 0 radical (unpaired) electrons. The van der Waals surface area contributed by atoms with E-state index in [4.69, 9.17) is 4.74 Å². The van der Waals surface area contributed by atoms with Crippen molar-refractivity contribution in [2.75, 3.05) is 13.1 Å². The summed E-state index contributed by atoms with van der Waals surface area (Å²) in [5.74, 6) is 2.94. The maximum absolute atomic E-state index is 5.90. The second kappa shape index (κ2) is 9.78. The molecule has 2 aromatic carbocycles. The lowest BCUT2D eigenvalue weighted by atomic mass is 10.1. The second-order valence-corrected chi connectivity index (χ2v) is 6.30. The van der Waals surface area contributed by atoms with E-state index < -0.39 is 0 Å². The van der Waals surface area contributed by atoms with E-state index in [2.05, 4.69) is 40.0 Å². The number of hydrogen-bond acceptors (Lipinski definition) is 3. The minimum absolute atomic E-state index is 0.869. The van der Waals surface area contributed by atoms with Crippen LogP contribution in [0.2, 0.25) is 0 Å². The molecule has 0 aliphatic carbocycles. The van der Waals surface area contributed by atoms with Crippen molar-refractivity contribution in [1.82, 2.24) is 14.9 Å². The Bertz CT molecular complexity index is 783. The molecule has 0 aliphatic heterocycles. The fraction of sp³-hybridized carbons (Fsp3) is 0.318. The van der Waals surface area contributed by atoms with Gasteiger partial charge in [0.1, 0.15) is 17.3 Å². The van der Waals surface area contributed by atoms with Crippen LogP contribution in [0.1, 0.15) is 24.7 Å². The zero-order valence-corrected chi connectivity index (χ0v) is 15.4. The Hall–Kier alpha value is -2.59. The van der Waals surface area contributed by atoms with Gasteiger partial charge in [-0.25, -0.2) is 4.98 Å². The van der Waals surface area contributed by atoms with Gasteiger partial charge in [-0.3, -0.25) is 0 Å². The summed E-state index contributed by atoms with van der Waals surface area (Å²) in [6.45, 7) is 5.12. The third-order valence-electron chi connectivity index (χ3n) is 4.36. The number of hydrogen-bond donors (Lipinski definition) is 1.